The van der Waals surface area contributed by atoms with Crippen LogP contribution in [0.5, 0.6) is 0 Å². The van der Waals surface area contributed by atoms with E-state index in [2.05, 4.69) is 5.10 Å². The molecular formula is C12H11FN2O. The molecule has 4 heteroatoms. The normalized spacial score (nSPS) is 11.1. The zero-order valence-corrected chi connectivity index (χ0v) is 8.55. The summed E-state index contributed by atoms with van der Waals surface area (Å²) in [5.41, 5.74) is 1.12. The zero-order valence-electron chi connectivity index (χ0n) is 8.55. The predicted octanol–water partition coefficient (Wildman–Crippen LogP) is 2.02. The molecule has 0 spiro atoms. The van der Waals surface area contributed by atoms with E-state index in [-0.39, 0.29) is 12.4 Å². The quantitative estimate of drug-likeness (QED) is 0.855. The molecule has 16 heavy (non-hydrogen) atoms. The van der Waals surface area contributed by atoms with Crippen LogP contribution in [0.25, 0.3) is 11.8 Å². The molecular weight excluding hydrogens is 207 g/mol. The summed E-state index contributed by atoms with van der Waals surface area (Å²) in [6.07, 6.45) is 6.50. The van der Waals surface area contributed by atoms with Crippen LogP contribution in [-0.2, 0) is 0 Å². The van der Waals surface area contributed by atoms with Gasteiger partial charge >= 0.3 is 0 Å². The summed E-state index contributed by atoms with van der Waals surface area (Å²) in [6.45, 7) is -0.0530. The molecule has 0 aliphatic rings. The highest BCUT2D eigenvalue weighted by molar-refractivity contribution is 5.52. The molecule has 1 aromatic heterocycles. The molecule has 3 nitrogen and oxygen atoms in total. The number of aliphatic hydroxyl groups excluding tert-OH is 1. The standard InChI is InChI=1S/C12H11FN2O/c13-11-9-10(3-1-8-16)4-5-12(11)15-7-2-6-14-15/h1-7,9,16H,8H2. The fourth-order valence-corrected chi connectivity index (χ4v) is 1.41. The lowest BCUT2D eigenvalue weighted by Gasteiger charge is -2.03. The lowest BCUT2D eigenvalue weighted by Crippen LogP contribution is -1.98. The summed E-state index contributed by atoms with van der Waals surface area (Å²) in [4.78, 5) is 0. The van der Waals surface area contributed by atoms with Crippen LogP contribution in [0, 0.1) is 5.82 Å². The van der Waals surface area contributed by atoms with Crippen LogP contribution in [-0.4, -0.2) is 21.5 Å². The van der Waals surface area contributed by atoms with Crippen LogP contribution in [0.2, 0.25) is 0 Å². The fourth-order valence-electron chi connectivity index (χ4n) is 1.41. The minimum atomic E-state index is -0.344. The minimum Gasteiger partial charge on any atom is -0.392 e. The Balaban J connectivity index is 2.34. The van der Waals surface area contributed by atoms with Crippen molar-refractivity contribution < 1.29 is 9.50 Å². The lowest BCUT2D eigenvalue weighted by atomic mass is 10.2. The van der Waals surface area contributed by atoms with E-state index in [0.29, 0.717) is 11.3 Å². The van der Waals surface area contributed by atoms with Gasteiger partial charge in [0.1, 0.15) is 11.5 Å². The van der Waals surface area contributed by atoms with E-state index in [1.54, 1.807) is 42.7 Å². The van der Waals surface area contributed by atoms with Crippen molar-refractivity contribution in [3.8, 4) is 5.69 Å². The van der Waals surface area contributed by atoms with Crippen LogP contribution in [0.15, 0.2) is 42.7 Å². The topological polar surface area (TPSA) is 38.0 Å². The second-order valence-electron chi connectivity index (χ2n) is 3.25. The van der Waals surface area contributed by atoms with Crippen molar-refractivity contribution in [1.29, 1.82) is 0 Å². The maximum absolute atomic E-state index is 13.7. The van der Waals surface area contributed by atoms with Crippen molar-refractivity contribution in [3.05, 3.63) is 54.1 Å². The van der Waals surface area contributed by atoms with E-state index < -0.39 is 0 Å². The lowest BCUT2D eigenvalue weighted by molar-refractivity contribution is 0.343. The third-order valence-corrected chi connectivity index (χ3v) is 2.14. The van der Waals surface area contributed by atoms with Gasteiger partial charge in [0.05, 0.1) is 6.61 Å². The number of benzene rings is 1. The van der Waals surface area contributed by atoms with Crippen LogP contribution < -0.4 is 0 Å². The maximum atomic E-state index is 13.7. The molecule has 1 aromatic carbocycles. The number of rotatable bonds is 3. The Morgan fingerprint density at radius 2 is 2.31 bits per heavy atom. The molecule has 0 unspecified atom stereocenters. The van der Waals surface area contributed by atoms with Gasteiger partial charge in [0.15, 0.2) is 0 Å². The van der Waals surface area contributed by atoms with Gasteiger partial charge in [0.25, 0.3) is 0 Å². The number of hydrogen-bond donors (Lipinski definition) is 1. The Hall–Kier alpha value is -1.94. The number of hydrogen-bond acceptors (Lipinski definition) is 2. The molecule has 1 heterocycles. The highest BCUT2D eigenvalue weighted by Crippen LogP contribution is 2.15. The van der Waals surface area contributed by atoms with Gasteiger partial charge in [0.2, 0.25) is 0 Å². The van der Waals surface area contributed by atoms with Gasteiger partial charge < -0.3 is 5.11 Å². The molecule has 0 saturated carbocycles. The second-order valence-corrected chi connectivity index (χ2v) is 3.25. The van der Waals surface area contributed by atoms with Gasteiger partial charge in [-0.05, 0) is 23.8 Å². The summed E-state index contributed by atoms with van der Waals surface area (Å²) in [5, 5.41) is 12.6. The average molecular weight is 218 g/mol. The Morgan fingerprint density at radius 1 is 1.44 bits per heavy atom. The Morgan fingerprint density at radius 3 is 2.94 bits per heavy atom. The molecule has 1 N–H and O–H groups in total. The Kier molecular flexibility index (Phi) is 3.12. The largest absolute Gasteiger partial charge is 0.392 e. The Bertz CT molecular complexity index is 492. The molecule has 0 radical (unpaired) electrons. The van der Waals surface area contributed by atoms with Crippen LogP contribution >= 0.6 is 0 Å². The van der Waals surface area contributed by atoms with Crippen molar-refractivity contribution in [2.24, 2.45) is 0 Å². The van der Waals surface area contributed by atoms with Gasteiger partial charge in [-0.3, -0.25) is 0 Å². The third kappa shape index (κ3) is 2.17. The molecule has 0 saturated heterocycles. The summed E-state index contributed by atoms with van der Waals surface area (Å²) >= 11 is 0. The van der Waals surface area contributed by atoms with Crippen molar-refractivity contribution in [1.82, 2.24) is 9.78 Å². The summed E-state index contributed by atoms with van der Waals surface area (Å²) in [7, 11) is 0. The van der Waals surface area contributed by atoms with Gasteiger partial charge in [-0.15, -0.1) is 0 Å². The van der Waals surface area contributed by atoms with Crippen LogP contribution in [0.1, 0.15) is 5.56 Å². The maximum Gasteiger partial charge on any atom is 0.149 e. The van der Waals surface area contributed by atoms with Crippen LogP contribution in [0.3, 0.4) is 0 Å². The molecule has 0 aliphatic heterocycles. The average Bonchev–Trinajstić information content (AvgIpc) is 2.80. The Labute approximate surface area is 92.5 Å². The van der Waals surface area contributed by atoms with E-state index in [4.69, 9.17) is 5.11 Å². The molecule has 82 valence electrons. The molecule has 0 aliphatic carbocycles. The monoisotopic (exact) mass is 218 g/mol. The number of aromatic nitrogens is 2. The molecule has 0 fully saturated rings. The smallest absolute Gasteiger partial charge is 0.149 e. The van der Waals surface area contributed by atoms with Crippen LogP contribution in [0.4, 0.5) is 4.39 Å². The fraction of sp³-hybridized carbons (Fsp3) is 0.0833. The van der Waals surface area contributed by atoms with Crippen molar-refractivity contribution >= 4 is 6.08 Å². The van der Waals surface area contributed by atoms with Gasteiger partial charge in [-0.2, -0.15) is 5.10 Å². The summed E-state index contributed by atoms with van der Waals surface area (Å²) < 4.78 is 15.2. The number of nitrogens with zero attached hydrogens (tertiary/aromatic N) is 2. The first-order valence-corrected chi connectivity index (χ1v) is 4.88. The predicted molar refractivity (Wildman–Crippen MR) is 59.6 cm³/mol. The molecule has 0 atom stereocenters. The van der Waals surface area contributed by atoms with E-state index in [0.717, 1.165) is 0 Å². The summed E-state index contributed by atoms with van der Waals surface area (Å²) in [5.74, 6) is -0.344. The highest BCUT2D eigenvalue weighted by atomic mass is 19.1. The first-order chi connectivity index (χ1) is 7.81. The third-order valence-electron chi connectivity index (χ3n) is 2.14. The van der Waals surface area contributed by atoms with E-state index in [1.165, 1.54) is 10.7 Å². The second kappa shape index (κ2) is 4.72. The van der Waals surface area contributed by atoms with Crippen molar-refractivity contribution in [2.45, 2.75) is 0 Å². The molecule has 0 amide bonds. The molecule has 2 rings (SSSR count). The zero-order chi connectivity index (χ0) is 11.4. The van der Waals surface area contributed by atoms with E-state index >= 15 is 0 Å². The number of aliphatic hydroxyl groups is 1. The van der Waals surface area contributed by atoms with Crippen molar-refractivity contribution in [2.75, 3.05) is 6.61 Å². The first-order valence-electron chi connectivity index (χ1n) is 4.88. The van der Waals surface area contributed by atoms with Gasteiger partial charge in [-0.25, -0.2) is 9.07 Å². The minimum absolute atomic E-state index is 0.0530. The highest BCUT2D eigenvalue weighted by Gasteiger charge is 2.04. The van der Waals surface area contributed by atoms with Gasteiger partial charge in [-0.1, -0.05) is 18.2 Å². The molecule has 2 aromatic rings. The number of halogens is 1. The van der Waals surface area contributed by atoms with E-state index in [9.17, 15) is 4.39 Å². The van der Waals surface area contributed by atoms with Gasteiger partial charge in [0, 0.05) is 12.4 Å². The SMILES string of the molecule is OCC=Cc1ccc(-n2cccn2)c(F)c1. The first kappa shape index (κ1) is 10.6. The summed E-state index contributed by atoms with van der Waals surface area (Å²) in [6, 6.07) is 6.56. The molecule has 0 bridgehead atoms. The van der Waals surface area contributed by atoms with E-state index in [1.807, 2.05) is 0 Å². The van der Waals surface area contributed by atoms with Crippen molar-refractivity contribution in [3.63, 3.8) is 0 Å².